The Balaban J connectivity index is 1.67. The van der Waals surface area contributed by atoms with Gasteiger partial charge in [0, 0.05) is 35.2 Å². The molecule has 0 N–H and O–H groups in total. The van der Waals surface area contributed by atoms with Crippen molar-refractivity contribution in [1.82, 2.24) is 19.7 Å². The molecule has 0 aliphatic heterocycles. The van der Waals surface area contributed by atoms with Crippen molar-refractivity contribution in [3.63, 3.8) is 0 Å². The first kappa shape index (κ1) is 23.5. The SMILES string of the molecule is Cc1c(Cl)cccc1-n1c(SCC(=O)N(CCC#N)c2ccccc2)nnc1-c1ccncc1. The number of thioether (sulfide) groups is 1. The first-order chi connectivity index (χ1) is 16.6. The Kier molecular flexibility index (Phi) is 7.58. The van der Waals surface area contributed by atoms with Gasteiger partial charge < -0.3 is 4.90 Å². The Bertz CT molecular complexity index is 1320. The fourth-order valence-corrected chi connectivity index (χ4v) is 4.47. The molecule has 0 unspecified atom stereocenters. The molecule has 1 amide bonds. The van der Waals surface area contributed by atoms with Crippen LogP contribution in [0.15, 0.2) is 78.2 Å². The van der Waals surface area contributed by atoms with Crippen molar-refractivity contribution in [2.24, 2.45) is 0 Å². The summed E-state index contributed by atoms with van der Waals surface area (Å²) in [5.74, 6) is 0.649. The van der Waals surface area contributed by atoms with Crippen LogP contribution in [0.25, 0.3) is 17.1 Å². The minimum Gasteiger partial charge on any atom is -0.311 e. The minimum absolute atomic E-state index is 0.116. The smallest absolute Gasteiger partial charge is 0.237 e. The van der Waals surface area contributed by atoms with E-state index in [2.05, 4.69) is 21.3 Å². The van der Waals surface area contributed by atoms with Crippen LogP contribution in [-0.4, -0.2) is 38.0 Å². The van der Waals surface area contributed by atoms with Crippen molar-refractivity contribution in [2.75, 3.05) is 17.2 Å². The van der Waals surface area contributed by atoms with Gasteiger partial charge in [-0.05, 0) is 48.9 Å². The summed E-state index contributed by atoms with van der Waals surface area (Å²) in [5.41, 5.74) is 3.32. The highest BCUT2D eigenvalue weighted by Gasteiger charge is 2.21. The number of hydrogen-bond donors (Lipinski definition) is 0. The van der Waals surface area contributed by atoms with Crippen LogP contribution in [0.3, 0.4) is 0 Å². The molecule has 2 aromatic heterocycles. The number of amides is 1. The lowest BCUT2D eigenvalue weighted by molar-refractivity contribution is -0.116. The number of para-hydroxylation sites is 1. The number of nitriles is 1. The van der Waals surface area contributed by atoms with Gasteiger partial charge in [-0.2, -0.15) is 5.26 Å². The molecule has 0 aliphatic carbocycles. The maximum absolute atomic E-state index is 13.2. The monoisotopic (exact) mass is 488 g/mol. The zero-order chi connectivity index (χ0) is 23.9. The molecule has 0 atom stereocenters. The van der Waals surface area contributed by atoms with Gasteiger partial charge in [0.05, 0.1) is 23.9 Å². The van der Waals surface area contributed by atoms with Gasteiger partial charge in [0.15, 0.2) is 11.0 Å². The minimum atomic E-state index is -0.116. The number of rotatable bonds is 8. The van der Waals surface area contributed by atoms with Crippen molar-refractivity contribution in [1.29, 1.82) is 5.26 Å². The summed E-state index contributed by atoms with van der Waals surface area (Å²) in [6.45, 7) is 2.26. The lowest BCUT2D eigenvalue weighted by atomic mass is 10.2. The summed E-state index contributed by atoms with van der Waals surface area (Å²) >= 11 is 7.70. The molecule has 2 aromatic carbocycles. The fraction of sp³-hybridized carbons (Fsp3) is 0.160. The number of hydrogen-bond acceptors (Lipinski definition) is 6. The van der Waals surface area contributed by atoms with E-state index in [1.54, 1.807) is 17.3 Å². The Morgan fingerprint density at radius 3 is 2.59 bits per heavy atom. The molecule has 9 heteroatoms. The summed E-state index contributed by atoms with van der Waals surface area (Å²) in [6, 6.07) is 20.8. The van der Waals surface area contributed by atoms with E-state index >= 15 is 0 Å². The van der Waals surface area contributed by atoms with Crippen molar-refractivity contribution in [3.8, 4) is 23.1 Å². The van der Waals surface area contributed by atoms with E-state index in [0.717, 1.165) is 22.5 Å². The molecular weight excluding hydrogens is 468 g/mol. The maximum Gasteiger partial charge on any atom is 0.237 e. The highest BCUT2D eigenvalue weighted by atomic mass is 35.5. The average molecular weight is 489 g/mol. The van der Waals surface area contributed by atoms with Crippen molar-refractivity contribution >= 4 is 35.0 Å². The van der Waals surface area contributed by atoms with Crippen LogP contribution in [0.4, 0.5) is 5.69 Å². The van der Waals surface area contributed by atoms with Crippen LogP contribution >= 0.6 is 23.4 Å². The number of aromatic nitrogens is 4. The third-order valence-electron chi connectivity index (χ3n) is 5.19. The molecule has 0 fully saturated rings. The molecule has 0 saturated carbocycles. The molecule has 170 valence electrons. The van der Waals surface area contributed by atoms with Gasteiger partial charge in [-0.3, -0.25) is 14.3 Å². The summed E-state index contributed by atoms with van der Waals surface area (Å²) in [4.78, 5) is 18.9. The first-order valence-electron chi connectivity index (χ1n) is 10.6. The van der Waals surface area contributed by atoms with E-state index in [9.17, 15) is 4.79 Å². The van der Waals surface area contributed by atoms with Crippen molar-refractivity contribution in [3.05, 3.63) is 83.6 Å². The van der Waals surface area contributed by atoms with E-state index in [1.165, 1.54) is 11.8 Å². The van der Waals surface area contributed by atoms with Gasteiger partial charge in [0.1, 0.15) is 0 Å². The number of pyridine rings is 1. The second kappa shape index (κ2) is 11.0. The Morgan fingerprint density at radius 2 is 1.85 bits per heavy atom. The average Bonchev–Trinajstić information content (AvgIpc) is 3.29. The molecule has 0 bridgehead atoms. The van der Waals surface area contributed by atoms with Crippen LogP contribution < -0.4 is 4.90 Å². The predicted octanol–water partition coefficient (Wildman–Crippen LogP) is 5.33. The topological polar surface area (TPSA) is 87.7 Å². The van der Waals surface area contributed by atoms with E-state index in [4.69, 9.17) is 16.9 Å². The molecular formula is C25H21ClN6OS. The van der Waals surface area contributed by atoms with Crippen LogP contribution in [0.1, 0.15) is 12.0 Å². The highest BCUT2D eigenvalue weighted by Crippen LogP contribution is 2.31. The van der Waals surface area contributed by atoms with Gasteiger partial charge in [-0.25, -0.2) is 0 Å². The molecule has 7 nitrogen and oxygen atoms in total. The number of benzene rings is 2. The molecule has 0 spiro atoms. The summed E-state index contributed by atoms with van der Waals surface area (Å²) in [6.07, 6.45) is 3.64. The number of halogens is 1. The van der Waals surface area contributed by atoms with Crippen molar-refractivity contribution in [2.45, 2.75) is 18.5 Å². The Labute approximate surface area is 207 Å². The second-order valence-corrected chi connectivity index (χ2v) is 8.69. The predicted molar refractivity (Wildman–Crippen MR) is 134 cm³/mol. The van der Waals surface area contributed by atoms with E-state index in [0.29, 0.717) is 22.5 Å². The number of nitrogens with zero attached hydrogens (tertiary/aromatic N) is 6. The summed E-state index contributed by atoms with van der Waals surface area (Å²) in [7, 11) is 0. The number of carbonyl (C=O) groups excluding carboxylic acids is 1. The zero-order valence-corrected chi connectivity index (χ0v) is 20.0. The highest BCUT2D eigenvalue weighted by molar-refractivity contribution is 7.99. The lowest BCUT2D eigenvalue weighted by Gasteiger charge is -2.21. The fourth-order valence-electron chi connectivity index (χ4n) is 3.48. The maximum atomic E-state index is 13.2. The van der Waals surface area contributed by atoms with E-state index in [1.807, 2.05) is 72.2 Å². The molecule has 4 rings (SSSR count). The molecule has 0 aliphatic rings. The quantitative estimate of drug-likeness (QED) is 0.311. The van der Waals surface area contributed by atoms with Gasteiger partial charge in [-0.15, -0.1) is 10.2 Å². The van der Waals surface area contributed by atoms with Gasteiger partial charge >= 0.3 is 0 Å². The standard InChI is InChI=1S/C25H21ClN6OS/c1-18-21(26)9-5-10-22(18)32-24(19-11-14-28-15-12-19)29-30-25(32)34-17-23(33)31(16-6-13-27)20-7-3-2-4-8-20/h2-5,7-12,14-15H,6,16-17H2,1H3. The summed E-state index contributed by atoms with van der Waals surface area (Å²) < 4.78 is 1.91. The summed E-state index contributed by atoms with van der Waals surface area (Å²) in [5, 5.41) is 19.1. The van der Waals surface area contributed by atoms with Crippen LogP contribution in [0, 0.1) is 18.3 Å². The Morgan fingerprint density at radius 1 is 1.09 bits per heavy atom. The van der Waals surface area contributed by atoms with Crippen LogP contribution in [0.2, 0.25) is 5.02 Å². The molecule has 2 heterocycles. The van der Waals surface area contributed by atoms with Crippen LogP contribution in [-0.2, 0) is 4.79 Å². The largest absolute Gasteiger partial charge is 0.311 e. The molecule has 0 saturated heterocycles. The third-order valence-corrected chi connectivity index (χ3v) is 6.52. The number of anilines is 1. The van der Waals surface area contributed by atoms with Crippen molar-refractivity contribution < 1.29 is 4.79 Å². The molecule has 4 aromatic rings. The number of carbonyl (C=O) groups is 1. The Hall–Kier alpha value is -3.67. The van der Waals surface area contributed by atoms with E-state index in [-0.39, 0.29) is 18.1 Å². The lowest BCUT2D eigenvalue weighted by Crippen LogP contribution is -2.33. The first-order valence-corrected chi connectivity index (χ1v) is 11.9. The van der Waals surface area contributed by atoms with Gasteiger partial charge in [0.25, 0.3) is 0 Å². The van der Waals surface area contributed by atoms with Gasteiger partial charge in [0.2, 0.25) is 5.91 Å². The molecule has 0 radical (unpaired) electrons. The van der Waals surface area contributed by atoms with Crippen LogP contribution in [0.5, 0.6) is 0 Å². The van der Waals surface area contributed by atoms with Gasteiger partial charge in [-0.1, -0.05) is 47.6 Å². The third kappa shape index (κ3) is 5.11. The second-order valence-electron chi connectivity index (χ2n) is 7.34. The zero-order valence-electron chi connectivity index (χ0n) is 18.4. The molecule has 34 heavy (non-hydrogen) atoms. The normalized spacial score (nSPS) is 10.6. The van der Waals surface area contributed by atoms with E-state index < -0.39 is 0 Å².